The van der Waals surface area contributed by atoms with E-state index in [0.717, 1.165) is 44.4 Å². The van der Waals surface area contributed by atoms with Gasteiger partial charge in [0, 0.05) is 5.56 Å². The molecule has 0 radical (unpaired) electrons. The van der Waals surface area contributed by atoms with Gasteiger partial charge in [-0.05, 0) is 50.3 Å². The SMILES string of the molecule is Cl.O=C(N[C@@H](c1ccc(C(F)(F)F)cc1F)C1CC1)[C@H]1CCCN1. The van der Waals surface area contributed by atoms with E-state index in [2.05, 4.69) is 10.6 Å². The second-order valence-electron chi connectivity index (χ2n) is 6.21. The van der Waals surface area contributed by atoms with Gasteiger partial charge < -0.3 is 10.6 Å². The normalized spacial score (nSPS) is 21.9. The highest BCUT2D eigenvalue weighted by Crippen LogP contribution is 2.42. The zero-order valence-corrected chi connectivity index (χ0v) is 13.6. The molecule has 0 spiro atoms. The minimum atomic E-state index is -4.58. The van der Waals surface area contributed by atoms with E-state index in [0.29, 0.717) is 6.07 Å². The summed E-state index contributed by atoms with van der Waals surface area (Å²) >= 11 is 0. The number of hydrogen-bond donors (Lipinski definition) is 2. The molecule has 1 amide bonds. The summed E-state index contributed by atoms with van der Waals surface area (Å²) in [5.41, 5.74) is -0.885. The molecule has 1 aliphatic heterocycles. The van der Waals surface area contributed by atoms with Crippen LogP contribution in [-0.4, -0.2) is 18.5 Å². The molecule has 1 aliphatic carbocycles. The van der Waals surface area contributed by atoms with Crippen LogP contribution in [0.2, 0.25) is 0 Å². The highest BCUT2D eigenvalue weighted by atomic mass is 35.5. The van der Waals surface area contributed by atoms with Gasteiger partial charge in [0.15, 0.2) is 0 Å². The van der Waals surface area contributed by atoms with Crippen LogP contribution in [0.15, 0.2) is 18.2 Å². The lowest BCUT2D eigenvalue weighted by Gasteiger charge is -2.22. The Labute approximate surface area is 143 Å². The largest absolute Gasteiger partial charge is 0.416 e. The number of benzene rings is 1. The van der Waals surface area contributed by atoms with Gasteiger partial charge in [-0.1, -0.05) is 6.07 Å². The Bertz CT molecular complexity index is 598. The lowest BCUT2D eigenvalue weighted by Crippen LogP contribution is -2.42. The molecule has 3 rings (SSSR count). The first-order valence-electron chi connectivity index (χ1n) is 7.76. The maximum atomic E-state index is 14.2. The highest BCUT2D eigenvalue weighted by Gasteiger charge is 2.38. The van der Waals surface area contributed by atoms with E-state index in [1.165, 1.54) is 0 Å². The molecule has 2 aliphatic rings. The van der Waals surface area contributed by atoms with E-state index in [1.807, 2.05) is 0 Å². The fraction of sp³-hybridized carbons (Fsp3) is 0.562. The number of nitrogens with one attached hydrogen (secondary N) is 2. The number of carbonyl (C=O) groups excluding carboxylic acids is 1. The van der Waals surface area contributed by atoms with Crippen LogP contribution in [0.25, 0.3) is 0 Å². The van der Waals surface area contributed by atoms with Gasteiger partial charge in [-0.3, -0.25) is 4.79 Å². The minimum absolute atomic E-state index is 0. The molecular weight excluding hydrogens is 348 g/mol. The Morgan fingerprint density at radius 2 is 1.96 bits per heavy atom. The number of halogens is 5. The van der Waals surface area contributed by atoms with E-state index in [9.17, 15) is 22.4 Å². The van der Waals surface area contributed by atoms with E-state index in [4.69, 9.17) is 0 Å². The van der Waals surface area contributed by atoms with Gasteiger partial charge in [0.25, 0.3) is 0 Å². The van der Waals surface area contributed by atoms with Gasteiger partial charge in [-0.25, -0.2) is 4.39 Å². The fourth-order valence-corrected chi connectivity index (χ4v) is 3.00. The summed E-state index contributed by atoms with van der Waals surface area (Å²) in [6, 6.07) is 1.66. The standard InChI is InChI=1S/C16H18F4N2O.ClH/c17-12-8-10(16(18,19)20)5-6-11(12)14(9-3-4-9)22-15(23)13-2-1-7-21-13;/h5-6,8-9,13-14,21H,1-4,7H2,(H,22,23);1H/t13-,14-;/m1./s1. The molecule has 1 heterocycles. The molecule has 2 N–H and O–H groups in total. The van der Waals surface area contributed by atoms with Gasteiger partial charge in [0.05, 0.1) is 17.6 Å². The van der Waals surface area contributed by atoms with Gasteiger partial charge >= 0.3 is 6.18 Å². The lowest BCUT2D eigenvalue weighted by molar-refractivity contribution is -0.137. The molecular formula is C16H19ClF4N2O. The molecule has 8 heteroatoms. The zero-order chi connectivity index (χ0) is 16.6. The van der Waals surface area contributed by atoms with Crippen molar-refractivity contribution in [3.05, 3.63) is 35.1 Å². The summed E-state index contributed by atoms with van der Waals surface area (Å²) in [4.78, 5) is 12.2. The van der Waals surface area contributed by atoms with Crippen molar-refractivity contribution < 1.29 is 22.4 Å². The van der Waals surface area contributed by atoms with E-state index >= 15 is 0 Å². The number of rotatable bonds is 4. The number of carbonyl (C=O) groups is 1. The van der Waals surface area contributed by atoms with E-state index in [-0.39, 0.29) is 35.8 Å². The average molecular weight is 367 g/mol. The quantitative estimate of drug-likeness (QED) is 0.800. The molecule has 2 fully saturated rings. The molecule has 0 bridgehead atoms. The van der Waals surface area contributed by atoms with Crippen LogP contribution in [0.1, 0.15) is 42.9 Å². The highest BCUT2D eigenvalue weighted by molar-refractivity contribution is 5.85. The smallest absolute Gasteiger partial charge is 0.348 e. The Morgan fingerprint density at radius 3 is 2.46 bits per heavy atom. The summed E-state index contributed by atoms with van der Waals surface area (Å²) in [5.74, 6) is -1.04. The van der Waals surface area contributed by atoms with Crippen LogP contribution >= 0.6 is 12.4 Å². The summed E-state index contributed by atoms with van der Waals surface area (Å²) in [6.45, 7) is 0.765. The number of hydrogen-bond acceptors (Lipinski definition) is 2. The van der Waals surface area contributed by atoms with Crippen LogP contribution in [-0.2, 0) is 11.0 Å². The van der Waals surface area contributed by atoms with Crippen molar-refractivity contribution in [2.24, 2.45) is 5.92 Å². The molecule has 24 heavy (non-hydrogen) atoms. The molecule has 1 aromatic rings. The molecule has 1 aromatic carbocycles. The summed E-state index contributed by atoms with van der Waals surface area (Å²) in [5, 5.41) is 5.88. The first-order chi connectivity index (χ1) is 10.9. The van der Waals surface area contributed by atoms with Crippen molar-refractivity contribution in [3.63, 3.8) is 0 Å². The monoisotopic (exact) mass is 366 g/mol. The molecule has 0 aromatic heterocycles. The third-order valence-electron chi connectivity index (χ3n) is 4.43. The van der Waals surface area contributed by atoms with Crippen LogP contribution in [0, 0.1) is 11.7 Å². The predicted octanol–water partition coefficient (Wildman–Crippen LogP) is 3.59. The van der Waals surface area contributed by atoms with Crippen molar-refractivity contribution >= 4 is 18.3 Å². The average Bonchev–Trinajstić information content (AvgIpc) is 3.17. The minimum Gasteiger partial charge on any atom is -0.348 e. The topological polar surface area (TPSA) is 41.1 Å². The van der Waals surface area contributed by atoms with Crippen LogP contribution in [0.3, 0.4) is 0 Å². The third-order valence-corrected chi connectivity index (χ3v) is 4.43. The number of amides is 1. The van der Waals surface area contributed by atoms with Crippen molar-refractivity contribution in [2.75, 3.05) is 6.54 Å². The maximum absolute atomic E-state index is 14.2. The lowest BCUT2D eigenvalue weighted by atomic mass is 9.99. The van der Waals surface area contributed by atoms with E-state index < -0.39 is 23.6 Å². The molecule has 3 nitrogen and oxygen atoms in total. The summed E-state index contributed by atoms with van der Waals surface area (Å²) in [7, 11) is 0. The second-order valence-corrected chi connectivity index (χ2v) is 6.21. The molecule has 1 saturated heterocycles. The Kier molecular flexibility index (Phi) is 5.75. The van der Waals surface area contributed by atoms with E-state index in [1.54, 1.807) is 0 Å². The van der Waals surface area contributed by atoms with Crippen molar-refractivity contribution in [3.8, 4) is 0 Å². The van der Waals surface area contributed by atoms with Crippen LogP contribution in [0.5, 0.6) is 0 Å². The van der Waals surface area contributed by atoms with Gasteiger partial charge in [0.1, 0.15) is 5.82 Å². The van der Waals surface area contributed by atoms with Crippen LogP contribution < -0.4 is 10.6 Å². The first-order valence-corrected chi connectivity index (χ1v) is 7.76. The van der Waals surface area contributed by atoms with Crippen molar-refractivity contribution in [1.29, 1.82) is 0 Å². The van der Waals surface area contributed by atoms with Crippen molar-refractivity contribution in [1.82, 2.24) is 10.6 Å². The molecule has 1 saturated carbocycles. The van der Waals surface area contributed by atoms with Gasteiger partial charge in [-0.2, -0.15) is 13.2 Å². The summed E-state index contributed by atoms with van der Waals surface area (Å²) in [6.07, 6.45) is -1.28. The zero-order valence-electron chi connectivity index (χ0n) is 12.8. The summed E-state index contributed by atoms with van der Waals surface area (Å²) < 4.78 is 52.1. The molecule has 2 atom stereocenters. The maximum Gasteiger partial charge on any atom is 0.416 e. The Morgan fingerprint density at radius 1 is 1.25 bits per heavy atom. The second kappa shape index (κ2) is 7.27. The molecule has 0 unspecified atom stereocenters. The Hall–Kier alpha value is -1.34. The molecule has 134 valence electrons. The predicted molar refractivity (Wildman–Crippen MR) is 83.3 cm³/mol. The number of alkyl halides is 3. The van der Waals surface area contributed by atoms with Crippen molar-refractivity contribution in [2.45, 2.75) is 43.9 Å². The first kappa shape index (κ1) is 19.0. The van der Waals surface area contributed by atoms with Crippen LogP contribution in [0.4, 0.5) is 17.6 Å². The van der Waals surface area contributed by atoms with Gasteiger partial charge in [-0.15, -0.1) is 12.4 Å². The Balaban J connectivity index is 0.00000208. The fourth-order valence-electron chi connectivity index (χ4n) is 3.00. The van der Waals surface area contributed by atoms with Gasteiger partial charge in [0.2, 0.25) is 5.91 Å². The third kappa shape index (κ3) is 4.19.